The van der Waals surface area contributed by atoms with E-state index in [9.17, 15) is 9.59 Å². The monoisotopic (exact) mass is 334 g/mol. The number of amides is 1. The maximum absolute atomic E-state index is 12.0. The van der Waals surface area contributed by atoms with Gasteiger partial charge in [0.15, 0.2) is 5.69 Å². The third-order valence-corrected chi connectivity index (χ3v) is 4.32. The highest BCUT2D eigenvalue weighted by atomic mass is 35.5. The molecule has 1 aromatic carbocycles. The molecular formula is C15H15ClN4O3. The molecule has 8 heteroatoms. The van der Waals surface area contributed by atoms with E-state index < -0.39 is 5.97 Å². The van der Waals surface area contributed by atoms with Crippen molar-refractivity contribution in [2.75, 3.05) is 6.54 Å². The maximum atomic E-state index is 12.0. The van der Waals surface area contributed by atoms with Gasteiger partial charge in [0.2, 0.25) is 5.91 Å². The van der Waals surface area contributed by atoms with Gasteiger partial charge < -0.3 is 10.4 Å². The van der Waals surface area contributed by atoms with Crippen molar-refractivity contribution < 1.29 is 14.7 Å². The second kappa shape index (κ2) is 6.00. The van der Waals surface area contributed by atoms with E-state index in [1.165, 1.54) is 10.9 Å². The van der Waals surface area contributed by atoms with Gasteiger partial charge >= 0.3 is 5.97 Å². The molecule has 1 amide bonds. The lowest BCUT2D eigenvalue weighted by atomic mass is 9.96. The highest BCUT2D eigenvalue weighted by molar-refractivity contribution is 6.31. The molecule has 1 aromatic heterocycles. The maximum Gasteiger partial charge on any atom is 0.358 e. The van der Waals surface area contributed by atoms with Gasteiger partial charge in [0.25, 0.3) is 0 Å². The number of aromatic nitrogens is 3. The van der Waals surface area contributed by atoms with Gasteiger partial charge in [-0.3, -0.25) is 4.79 Å². The largest absolute Gasteiger partial charge is 0.476 e. The first-order valence-electron chi connectivity index (χ1n) is 7.15. The standard InChI is InChI=1S/C15H15ClN4O3/c16-11-4-2-1-3-10(11)15(5-6-15)9-17-13(21)8-20-7-12(14(22)23)18-19-20/h1-4,7H,5-6,8-9H2,(H,17,21)(H,22,23). The van der Waals surface area contributed by atoms with Crippen LogP contribution in [-0.4, -0.2) is 38.5 Å². The van der Waals surface area contributed by atoms with Gasteiger partial charge in [0.05, 0.1) is 6.20 Å². The molecule has 2 N–H and O–H groups in total. The molecule has 1 saturated carbocycles. The molecule has 0 unspecified atom stereocenters. The highest BCUT2D eigenvalue weighted by Crippen LogP contribution is 2.49. The summed E-state index contributed by atoms with van der Waals surface area (Å²) in [4.78, 5) is 22.7. The minimum atomic E-state index is -1.17. The summed E-state index contributed by atoms with van der Waals surface area (Å²) >= 11 is 6.24. The number of benzene rings is 1. The van der Waals surface area contributed by atoms with E-state index in [4.69, 9.17) is 16.7 Å². The zero-order valence-corrected chi connectivity index (χ0v) is 13.0. The van der Waals surface area contributed by atoms with Gasteiger partial charge in [0, 0.05) is 17.0 Å². The van der Waals surface area contributed by atoms with Crippen LogP contribution < -0.4 is 5.32 Å². The summed E-state index contributed by atoms with van der Waals surface area (Å²) in [5.41, 5.74) is 0.770. The summed E-state index contributed by atoms with van der Waals surface area (Å²) in [7, 11) is 0. The molecule has 0 atom stereocenters. The number of hydrogen-bond acceptors (Lipinski definition) is 4. The average molecular weight is 335 g/mol. The Bertz CT molecular complexity index is 755. The number of carboxylic acids is 1. The first-order chi connectivity index (χ1) is 11.0. The van der Waals surface area contributed by atoms with E-state index in [1.54, 1.807) is 0 Å². The van der Waals surface area contributed by atoms with Crippen molar-refractivity contribution in [2.24, 2.45) is 0 Å². The number of rotatable bonds is 6. The summed E-state index contributed by atoms with van der Waals surface area (Å²) in [6.45, 7) is 0.426. The molecule has 1 aliphatic carbocycles. The third-order valence-electron chi connectivity index (χ3n) is 3.99. The van der Waals surface area contributed by atoms with Gasteiger partial charge in [-0.25, -0.2) is 9.48 Å². The van der Waals surface area contributed by atoms with Crippen LogP contribution in [0, 0.1) is 0 Å². The van der Waals surface area contributed by atoms with Crippen LogP contribution in [0.4, 0.5) is 0 Å². The lowest BCUT2D eigenvalue weighted by molar-refractivity contribution is -0.122. The van der Waals surface area contributed by atoms with Gasteiger partial charge in [-0.1, -0.05) is 35.0 Å². The van der Waals surface area contributed by atoms with Crippen LogP contribution in [-0.2, 0) is 16.8 Å². The van der Waals surface area contributed by atoms with Gasteiger partial charge in [-0.05, 0) is 24.5 Å². The van der Waals surface area contributed by atoms with Crippen LogP contribution in [0.15, 0.2) is 30.5 Å². The van der Waals surface area contributed by atoms with Crippen molar-refractivity contribution in [1.82, 2.24) is 20.3 Å². The average Bonchev–Trinajstić information content (AvgIpc) is 3.16. The first kappa shape index (κ1) is 15.5. The van der Waals surface area contributed by atoms with Gasteiger partial charge in [-0.2, -0.15) is 0 Å². The zero-order chi connectivity index (χ0) is 16.4. The summed E-state index contributed by atoms with van der Waals surface area (Å²) in [5, 5.41) is 19.4. The first-order valence-corrected chi connectivity index (χ1v) is 7.53. The number of carbonyl (C=O) groups is 2. The minimum Gasteiger partial charge on any atom is -0.476 e. The Hall–Kier alpha value is -2.41. The predicted octanol–water partition coefficient (Wildman–Crippen LogP) is 1.48. The van der Waals surface area contributed by atoms with E-state index in [1.807, 2.05) is 24.3 Å². The van der Waals surface area contributed by atoms with Crippen LogP contribution in [0.2, 0.25) is 5.02 Å². The van der Waals surface area contributed by atoms with Crippen LogP contribution in [0.25, 0.3) is 0 Å². The van der Waals surface area contributed by atoms with Crippen molar-refractivity contribution in [3.8, 4) is 0 Å². The molecule has 0 bridgehead atoms. The van der Waals surface area contributed by atoms with E-state index in [-0.39, 0.29) is 23.6 Å². The Morgan fingerprint density at radius 1 is 1.35 bits per heavy atom. The molecule has 0 saturated heterocycles. The molecule has 2 aromatic rings. The van der Waals surface area contributed by atoms with E-state index in [0.29, 0.717) is 11.6 Å². The number of hydrogen-bond donors (Lipinski definition) is 2. The number of aromatic carboxylic acids is 1. The summed E-state index contributed by atoms with van der Waals surface area (Å²) in [5.74, 6) is -1.42. The second-order valence-corrected chi connectivity index (χ2v) is 6.05. The number of nitrogens with one attached hydrogen (secondary N) is 1. The SMILES string of the molecule is O=C(Cn1cc(C(=O)O)nn1)NCC1(c2ccccc2Cl)CC1. The number of nitrogens with zero attached hydrogens (tertiary/aromatic N) is 3. The fraction of sp³-hybridized carbons (Fsp3) is 0.333. The fourth-order valence-corrected chi connectivity index (χ4v) is 2.86. The van der Waals surface area contributed by atoms with Crippen LogP contribution >= 0.6 is 11.6 Å². The van der Waals surface area contributed by atoms with E-state index in [0.717, 1.165) is 18.4 Å². The van der Waals surface area contributed by atoms with Gasteiger partial charge in [-0.15, -0.1) is 5.10 Å². The molecule has 0 spiro atoms. The van der Waals surface area contributed by atoms with Crippen molar-refractivity contribution in [1.29, 1.82) is 0 Å². The predicted molar refractivity (Wildman–Crippen MR) is 82.4 cm³/mol. The normalized spacial score (nSPS) is 15.2. The van der Waals surface area contributed by atoms with Crippen LogP contribution in [0.1, 0.15) is 28.9 Å². The number of carbonyl (C=O) groups excluding carboxylic acids is 1. The number of carboxylic acid groups (broad SMARTS) is 1. The molecule has 23 heavy (non-hydrogen) atoms. The fourth-order valence-electron chi connectivity index (χ4n) is 2.53. The molecule has 1 aliphatic rings. The molecule has 0 radical (unpaired) electrons. The van der Waals surface area contributed by atoms with Crippen molar-refractivity contribution in [2.45, 2.75) is 24.8 Å². The third kappa shape index (κ3) is 3.34. The van der Waals surface area contributed by atoms with E-state index >= 15 is 0 Å². The molecule has 0 aliphatic heterocycles. The van der Waals surface area contributed by atoms with Gasteiger partial charge in [0.1, 0.15) is 6.54 Å². The summed E-state index contributed by atoms with van der Waals surface area (Å²) < 4.78 is 1.20. The highest BCUT2D eigenvalue weighted by Gasteiger charge is 2.45. The van der Waals surface area contributed by atoms with Crippen molar-refractivity contribution in [3.05, 3.63) is 46.7 Å². The molecule has 120 valence electrons. The Labute approximate surface area is 137 Å². The van der Waals surface area contributed by atoms with E-state index in [2.05, 4.69) is 15.6 Å². The Balaban J connectivity index is 1.59. The molecule has 7 nitrogen and oxygen atoms in total. The lowest BCUT2D eigenvalue weighted by Crippen LogP contribution is -2.34. The summed E-state index contributed by atoms with van der Waals surface area (Å²) in [6.07, 6.45) is 3.18. The number of halogens is 1. The Morgan fingerprint density at radius 3 is 2.70 bits per heavy atom. The molecule has 1 fully saturated rings. The molecule has 3 rings (SSSR count). The van der Waals surface area contributed by atoms with Crippen molar-refractivity contribution >= 4 is 23.5 Å². The van der Waals surface area contributed by atoms with Crippen molar-refractivity contribution in [3.63, 3.8) is 0 Å². The summed E-state index contributed by atoms with van der Waals surface area (Å²) in [6, 6.07) is 7.65. The Kier molecular flexibility index (Phi) is 4.04. The van der Waals surface area contributed by atoms with Crippen LogP contribution in [0.3, 0.4) is 0 Å². The van der Waals surface area contributed by atoms with Crippen LogP contribution in [0.5, 0.6) is 0 Å². The zero-order valence-electron chi connectivity index (χ0n) is 12.2. The smallest absolute Gasteiger partial charge is 0.358 e. The quantitative estimate of drug-likeness (QED) is 0.834. The minimum absolute atomic E-state index is 0.0706. The Morgan fingerprint density at radius 2 is 2.09 bits per heavy atom. The molecular weight excluding hydrogens is 320 g/mol. The lowest BCUT2D eigenvalue weighted by Gasteiger charge is -2.18. The second-order valence-electron chi connectivity index (χ2n) is 5.64. The topological polar surface area (TPSA) is 97.1 Å². The molecule has 1 heterocycles.